The molecular weight excluding hydrogens is 316 g/mol. The van der Waals surface area contributed by atoms with Gasteiger partial charge in [-0.05, 0) is 49.6 Å². The molecular formula is C20H22N2O3. The first-order valence-corrected chi connectivity index (χ1v) is 8.68. The summed E-state index contributed by atoms with van der Waals surface area (Å²) in [5, 5.41) is 3.05. The molecule has 2 aliphatic rings. The zero-order valence-electron chi connectivity index (χ0n) is 14.3. The molecule has 1 fully saturated rings. The van der Waals surface area contributed by atoms with Crippen molar-refractivity contribution >= 4 is 11.6 Å². The number of nitrogens with one attached hydrogen (secondary N) is 1. The van der Waals surface area contributed by atoms with Crippen LogP contribution in [-0.2, 0) is 0 Å². The van der Waals surface area contributed by atoms with E-state index in [1.54, 1.807) is 18.2 Å². The SMILES string of the molecule is Cc1ccc(N2CCC(CNC(=O)c3ccc4c(c3)OCO4)C2)cc1. The Morgan fingerprint density at radius 3 is 2.80 bits per heavy atom. The summed E-state index contributed by atoms with van der Waals surface area (Å²) < 4.78 is 10.6. The van der Waals surface area contributed by atoms with Crippen LogP contribution in [0.1, 0.15) is 22.3 Å². The van der Waals surface area contributed by atoms with Crippen LogP contribution in [0.2, 0.25) is 0 Å². The van der Waals surface area contributed by atoms with Gasteiger partial charge in [0.25, 0.3) is 5.91 Å². The first kappa shape index (κ1) is 15.8. The number of benzene rings is 2. The molecule has 0 aliphatic carbocycles. The molecule has 0 bridgehead atoms. The lowest BCUT2D eigenvalue weighted by molar-refractivity contribution is 0.0948. The van der Waals surface area contributed by atoms with Crippen LogP contribution in [-0.4, -0.2) is 32.3 Å². The summed E-state index contributed by atoms with van der Waals surface area (Å²) in [7, 11) is 0. The maximum Gasteiger partial charge on any atom is 0.251 e. The summed E-state index contributed by atoms with van der Waals surface area (Å²) in [4.78, 5) is 14.8. The number of nitrogens with zero attached hydrogens (tertiary/aromatic N) is 1. The predicted octanol–water partition coefficient (Wildman–Crippen LogP) is 2.98. The minimum Gasteiger partial charge on any atom is -0.454 e. The third-order valence-corrected chi connectivity index (χ3v) is 4.87. The molecule has 2 aromatic rings. The lowest BCUT2D eigenvalue weighted by Crippen LogP contribution is -2.31. The topological polar surface area (TPSA) is 50.8 Å². The van der Waals surface area contributed by atoms with Crippen molar-refractivity contribution in [2.75, 3.05) is 31.3 Å². The highest BCUT2D eigenvalue weighted by Crippen LogP contribution is 2.32. The molecule has 1 N–H and O–H groups in total. The van der Waals surface area contributed by atoms with Gasteiger partial charge in [-0.3, -0.25) is 4.79 Å². The molecule has 2 aromatic carbocycles. The summed E-state index contributed by atoms with van der Waals surface area (Å²) in [5.74, 6) is 1.74. The average Bonchev–Trinajstić information content (AvgIpc) is 3.29. The van der Waals surface area contributed by atoms with Gasteiger partial charge in [0.05, 0.1) is 0 Å². The second kappa shape index (κ2) is 6.67. The van der Waals surface area contributed by atoms with E-state index in [2.05, 4.69) is 41.4 Å². The van der Waals surface area contributed by atoms with Crippen molar-refractivity contribution in [1.29, 1.82) is 0 Å². The van der Waals surface area contributed by atoms with Crippen molar-refractivity contribution in [2.45, 2.75) is 13.3 Å². The van der Waals surface area contributed by atoms with Crippen molar-refractivity contribution in [3.8, 4) is 11.5 Å². The number of anilines is 1. The molecule has 1 atom stereocenters. The number of ether oxygens (including phenoxy) is 2. The summed E-state index contributed by atoms with van der Waals surface area (Å²) >= 11 is 0. The molecule has 4 rings (SSSR count). The number of hydrogen-bond acceptors (Lipinski definition) is 4. The van der Waals surface area contributed by atoms with E-state index in [0.29, 0.717) is 29.5 Å². The van der Waals surface area contributed by atoms with Gasteiger partial charge in [0.2, 0.25) is 6.79 Å². The number of aryl methyl sites for hydroxylation is 1. The lowest BCUT2D eigenvalue weighted by atomic mass is 10.1. The summed E-state index contributed by atoms with van der Waals surface area (Å²) in [6.07, 6.45) is 1.09. The van der Waals surface area contributed by atoms with E-state index < -0.39 is 0 Å². The number of fused-ring (bicyclic) bond motifs is 1. The second-order valence-electron chi connectivity index (χ2n) is 6.71. The highest BCUT2D eigenvalue weighted by Gasteiger charge is 2.23. The maximum absolute atomic E-state index is 12.4. The van der Waals surface area contributed by atoms with Gasteiger partial charge in [-0.15, -0.1) is 0 Å². The fourth-order valence-corrected chi connectivity index (χ4v) is 3.37. The molecule has 0 radical (unpaired) electrons. The number of hydrogen-bond donors (Lipinski definition) is 1. The van der Waals surface area contributed by atoms with Gasteiger partial charge in [0, 0.05) is 30.9 Å². The van der Waals surface area contributed by atoms with Crippen LogP contribution in [0.15, 0.2) is 42.5 Å². The fraction of sp³-hybridized carbons (Fsp3) is 0.350. The molecule has 25 heavy (non-hydrogen) atoms. The smallest absolute Gasteiger partial charge is 0.251 e. The van der Waals surface area contributed by atoms with Crippen molar-refractivity contribution < 1.29 is 14.3 Å². The minimum atomic E-state index is -0.0629. The molecule has 2 aliphatic heterocycles. The quantitative estimate of drug-likeness (QED) is 0.931. The Hall–Kier alpha value is -2.69. The van der Waals surface area contributed by atoms with E-state index in [0.717, 1.165) is 19.5 Å². The minimum absolute atomic E-state index is 0.0629. The van der Waals surface area contributed by atoms with Crippen molar-refractivity contribution in [3.63, 3.8) is 0 Å². The zero-order chi connectivity index (χ0) is 17.2. The van der Waals surface area contributed by atoms with Crippen LogP contribution >= 0.6 is 0 Å². The third kappa shape index (κ3) is 3.40. The van der Waals surface area contributed by atoms with E-state index in [9.17, 15) is 4.79 Å². The molecule has 2 heterocycles. The predicted molar refractivity (Wildman–Crippen MR) is 96.4 cm³/mol. The standard InChI is InChI=1S/C20H22N2O3/c1-14-2-5-17(6-3-14)22-9-8-15(12-22)11-21-20(23)16-4-7-18-19(10-16)25-13-24-18/h2-7,10,15H,8-9,11-13H2,1H3,(H,21,23). The highest BCUT2D eigenvalue weighted by molar-refractivity contribution is 5.94. The van der Waals surface area contributed by atoms with Gasteiger partial charge < -0.3 is 19.7 Å². The van der Waals surface area contributed by atoms with Crippen LogP contribution in [0.5, 0.6) is 11.5 Å². The van der Waals surface area contributed by atoms with Crippen LogP contribution < -0.4 is 19.7 Å². The van der Waals surface area contributed by atoms with Gasteiger partial charge in [-0.25, -0.2) is 0 Å². The molecule has 5 nitrogen and oxygen atoms in total. The van der Waals surface area contributed by atoms with Gasteiger partial charge in [-0.2, -0.15) is 0 Å². The summed E-state index contributed by atoms with van der Waals surface area (Å²) in [6, 6.07) is 13.9. The van der Waals surface area contributed by atoms with Gasteiger partial charge >= 0.3 is 0 Å². The molecule has 5 heteroatoms. The fourth-order valence-electron chi connectivity index (χ4n) is 3.37. The number of amides is 1. The van der Waals surface area contributed by atoms with E-state index in [4.69, 9.17) is 9.47 Å². The number of carbonyl (C=O) groups excluding carboxylic acids is 1. The van der Waals surface area contributed by atoms with E-state index in [-0.39, 0.29) is 12.7 Å². The Morgan fingerprint density at radius 2 is 1.96 bits per heavy atom. The largest absolute Gasteiger partial charge is 0.454 e. The lowest BCUT2D eigenvalue weighted by Gasteiger charge is -2.19. The van der Waals surface area contributed by atoms with Gasteiger partial charge in [0.1, 0.15) is 0 Å². The first-order chi connectivity index (χ1) is 12.2. The van der Waals surface area contributed by atoms with E-state index >= 15 is 0 Å². The Bertz CT molecular complexity index is 773. The average molecular weight is 338 g/mol. The monoisotopic (exact) mass is 338 g/mol. The Kier molecular flexibility index (Phi) is 4.22. The molecule has 1 unspecified atom stereocenters. The summed E-state index contributed by atoms with van der Waals surface area (Å²) in [5.41, 5.74) is 3.14. The summed E-state index contributed by atoms with van der Waals surface area (Å²) in [6.45, 7) is 5.02. The molecule has 1 saturated heterocycles. The maximum atomic E-state index is 12.4. The Morgan fingerprint density at radius 1 is 1.16 bits per heavy atom. The van der Waals surface area contributed by atoms with Crippen LogP contribution in [0.4, 0.5) is 5.69 Å². The van der Waals surface area contributed by atoms with Crippen molar-refractivity contribution in [1.82, 2.24) is 5.32 Å². The molecule has 0 saturated carbocycles. The number of carbonyl (C=O) groups is 1. The Balaban J connectivity index is 1.31. The molecule has 130 valence electrons. The van der Waals surface area contributed by atoms with Crippen LogP contribution in [0.25, 0.3) is 0 Å². The number of rotatable bonds is 4. The van der Waals surface area contributed by atoms with Crippen molar-refractivity contribution in [3.05, 3.63) is 53.6 Å². The highest BCUT2D eigenvalue weighted by atomic mass is 16.7. The van der Waals surface area contributed by atoms with Crippen LogP contribution in [0.3, 0.4) is 0 Å². The molecule has 0 spiro atoms. The van der Waals surface area contributed by atoms with Crippen LogP contribution in [0, 0.1) is 12.8 Å². The molecule has 1 amide bonds. The first-order valence-electron chi connectivity index (χ1n) is 8.68. The van der Waals surface area contributed by atoms with E-state index in [1.165, 1.54) is 11.3 Å². The molecule has 0 aromatic heterocycles. The van der Waals surface area contributed by atoms with E-state index in [1.807, 2.05) is 0 Å². The van der Waals surface area contributed by atoms with Gasteiger partial charge in [0.15, 0.2) is 11.5 Å². The van der Waals surface area contributed by atoms with Gasteiger partial charge in [-0.1, -0.05) is 17.7 Å². The third-order valence-electron chi connectivity index (χ3n) is 4.87. The normalized spacial score (nSPS) is 18.4. The second-order valence-corrected chi connectivity index (χ2v) is 6.71. The zero-order valence-corrected chi connectivity index (χ0v) is 14.3. The van der Waals surface area contributed by atoms with Crippen molar-refractivity contribution in [2.24, 2.45) is 5.92 Å². The Labute approximate surface area is 147 Å².